The van der Waals surface area contributed by atoms with E-state index in [1.54, 1.807) is 22.9 Å². The largest absolute Gasteiger partial charge is 0.323 e. The summed E-state index contributed by atoms with van der Waals surface area (Å²) in [4.78, 5) is 12.0. The summed E-state index contributed by atoms with van der Waals surface area (Å²) in [5.74, 6) is -0.728. The Morgan fingerprint density at radius 3 is 2.77 bits per heavy atom. The molecule has 0 unspecified atom stereocenters. The maximum absolute atomic E-state index is 13.8. The molecule has 3 aromatic rings. The SMILES string of the molecule is O=C(CSc1nn(-c2ccc(Cl)cc2)c(=S)s1)Nc1ccc(Br)cc1F. The van der Waals surface area contributed by atoms with Gasteiger partial charge in [0.15, 0.2) is 8.29 Å². The highest BCUT2D eigenvalue weighted by molar-refractivity contribution is 9.10. The van der Waals surface area contributed by atoms with Gasteiger partial charge in [0.25, 0.3) is 0 Å². The second-order valence-electron chi connectivity index (χ2n) is 4.98. The number of rotatable bonds is 5. The van der Waals surface area contributed by atoms with Gasteiger partial charge >= 0.3 is 0 Å². The van der Waals surface area contributed by atoms with Crippen molar-refractivity contribution in [2.24, 2.45) is 0 Å². The molecule has 3 rings (SSSR count). The number of nitrogens with zero attached hydrogens (tertiary/aromatic N) is 2. The average molecular weight is 491 g/mol. The van der Waals surface area contributed by atoms with Gasteiger partial charge in [-0.1, -0.05) is 50.6 Å². The lowest BCUT2D eigenvalue weighted by molar-refractivity contribution is -0.113. The highest BCUT2D eigenvalue weighted by Crippen LogP contribution is 2.25. The zero-order chi connectivity index (χ0) is 18.7. The third-order valence-corrected chi connectivity index (χ3v) is 6.24. The first kappa shape index (κ1) is 19.5. The maximum atomic E-state index is 13.8. The topological polar surface area (TPSA) is 46.9 Å². The summed E-state index contributed by atoms with van der Waals surface area (Å²) < 4.78 is 17.2. The number of amides is 1. The van der Waals surface area contributed by atoms with Crippen LogP contribution >= 0.6 is 62.8 Å². The summed E-state index contributed by atoms with van der Waals surface area (Å²) in [7, 11) is 0. The zero-order valence-electron chi connectivity index (χ0n) is 12.9. The standard InChI is InChI=1S/C16H10BrClFN3OS3/c17-9-1-6-13(12(19)7-9)20-14(23)8-25-15-21-22(16(24)26-15)11-4-2-10(18)3-5-11/h1-7H,8H2,(H,20,23). The molecule has 0 radical (unpaired) electrons. The molecule has 0 atom stereocenters. The monoisotopic (exact) mass is 489 g/mol. The fourth-order valence-electron chi connectivity index (χ4n) is 1.97. The first-order valence-corrected chi connectivity index (χ1v) is 10.5. The average Bonchev–Trinajstić information content (AvgIpc) is 2.97. The number of thioether (sulfide) groups is 1. The Bertz CT molecular complexity index is 1010. The van der Waals surface area contributed by atoms with E-state index in [0.29, 0.717) is 17.8 Å². The third-order valence-electron chi connectivity index (χ3n) is 3.13. The fourth-order valence-corrected chi connectivity index (χ4v) is 4.59. The Balaban J connectivity index is 1.64. The molecule has 0 spiro atoms. The lowest BCUT2D eigenvalue weighted by Gasteiger charge is -2.05. The van der Waals surface area contributed by atoms with Crippen LogP contribution in [0.4, 0.5) is 10.1 Å². The van der Waals surface area contributed by atoms with Gasteiger partial charge in [0.1, 0.15) is 5.82 Å². The van der Waals surface area contributed by atoms with Crippen molar-refractivity contribution in [3.8, 4) is 5.69 Å². The van der Waals surface area contributed by atoms with Crippen LogP contribution in [0.5, 0.6) is 0 Å². The maximum Gasteiger partial charge on any atom is 0.234 e. The molecular formula is C16H10BrClFN3OS3. The molecule has 26 heavy (non-hydrogen) atoms. The molecular weight excluding hydrogens is 481 g/mol. The first-order valence-electron chi connectivity index (χ1n) is 7.16. The molecule has 1 aromatic heterocycles. The van der Waals surface area contributed by atoms with Crippen molar-refractivity contribution in [1.29, 1.82) is 0 Å². The molecule has 0 bridgehead atoms. The molecule has 4 nitrogen and oxygen atoms in total. The number of hydrogen-bond donors (Lipinski definition) is 1. The number of nitrogens with one attached hydrogen (secondary N) is 1. The minimum Gasteiger partial charge on any atom is -0.323 e. The lowest BCUT2D eigenvalue weighted by atomic mass is 10.3. The molecule has 134 valence electrons. The quantitative estimate of drug-likeness (QED) is 0.355. The minimum atomic E-state index is -0.500. The van der Waals surface area contributed by atoms with Gasteiger partial charge in [0, 0.05) is 9.50 Å². The summed E-state index contributed by atoms with van der Waals surface area (Å²) >= 11 is 16.9. The van der Waals surface area contributed by atoms with Crippen LogP contribution in [0.25, 0.3) is 5.69 Å². The number of anilines is 1. The van der Waals surface area contributed by atoms with Gasteiger partial charge in [-0.05, 0) is 54.7 Å². The Morgan fingerprint density at radius 2 is 2.08 bits per heavy atom. The smallest absolute Gasteiger partial charge is 0.234 e. The Hall–Kier alpha value is -1.26. The Morgan fingerprint density at radius 1 is 1.35 bits per heavy atom. The van der Waals surface area contributed by atoms with Crippen molar-refractivity contribution in [2.75, 3.05) is 11.1 Å². The van der Waals surface area contributed by atoms with Crippen LogP contribution in [0.15, 0.2) is 51.3 Å². The van der Waals surface area contributed by atoms with Crippen LogP contribution in [-0.4, -0.2) is 21.4 Å². The number of benzene rings is 2. The van der Waals surface area contributed by atoms with Gasteiger partial charge in [-0.15, -0.1) is 5.10 Å². The van der Waals surface area contributed by atoms with E-state index in [-0.39, 0.29) is 17.3 Å². The zero-order valence-corrected chi connectivity index (χ0v) is 17.7. The summed E-state index contributed by atoms with van der Waals surface area (Å²) in [6, 6.07) is 11.6. The summed E-state index contributed by atoms with van der Waals surface area (Å²) in [5, 5.41) is 7.58. The second kappa shape index (κ2) is 8.62. The van der Waals surface area contributed by atoms with E-state index in [9.17, 15) is 9.18 Å². The van der Waals surface area contributed by atoms with Gasteiger partial charge in [0.05, 0.1) is 17.1 Å². The van der Waals surface area contributed by atoms with Gasteiger partial charge in [0.2, 0.25) is 5.91 Å². The number of carbonyl (C=O) groups excluding carboxylic acids is 1. The van der Waals surface area contributed by atoms with Crippen molar-refractivity contribution < 1.29 is 9.18 Å². The molecule has 10 heteroatoms. The van der Waals surface area contributed by atoms with Crippen LogP contribution in [0.3, 0.4) is 0 Å². The predicted octanol–water partition coefficient (Wildman–Crippen LogP) is 5.95. The molecule has 0 aliphatic rings. The van der Waals surface area contributed by atoms with Crippen LogP contribution in [-0.2, 0) is 4.79 Å². The molecule has 0 aliphatic carbocycles. The van der Waals surface area contributed by atoms with Gasteiger partial charge in [-0.3, -0.25) is 4.79 Å². The van der Waals surface area contributed by atoms with Crippen molar-refractivity contribution in [3.05, 3.63) is 61.7 Å². The first-order chi connectivity index (χ1) is 12.4. The fraction of sp³-hybridized carbons (Fsp3) is 0.0625. The predicted molar refractivity (Wildman–Crippen MR) is 111 cm³/mol. The highest BCUT2D eigenvalue weighted by Gasteiger charge is 2.11. The molecule has 0 fully saturated rings. The van der Waals surface area contributed by atoms with E-state index in [2.05, 4.69) is 26.3 Å². The number of aromatic nitrogens is 2. The van der Waals surface area contributed by atoms with E-state index < -0.39 is 5.82 Å². The minimum absolute atomic E-state index is 0.0956. The molecule has 0 saturated carbocycles. The van der Waals surface area contributed by atoms with Gasteiger partial charge < -0.3 is 5.32 Å². The Kier molecular flexibility index (Phi) is 6.46. The van der Waals surface area contributed by atoms with Crippen LogP contribution in [0, 0.1) is 9.77 Å². The third kappa shape index (κ3) is 4.92. The lowest BCUT2D eigenvalue weighted by Crippen LogP contribution is -2.15. The highest BCUT2D eigenvalue weighted by atomic mass is 79.9. The van der Waals surface area contributed by atoms with E-state index in [0.717, 1.165) is 5.69 Å². The normalized spacial score (nSPS) is 10.7. The van der Waals surface area contributed by atoms with Crippen LogP contribution < -0.4 is 5.32 Å². The molecule has 0 saturated heterocycles. The van der Waals surface area contributed by atoms with Crippen molar-refractivity contribution in [1.82, 2.24) is 9.78 Å². The van der Waals surface area contributed by atoms with Crippen molar-refractivity contribution in [3.63, 3.8) is 0 Å². The number of halogens is 3. The van der Waals surface area contributed by atoms with Gasteiger partial charge in [-0.25, -0.2) is 9.07 Å². The molecule has 1 N–H and O–H groups in total. The second-order valence-corrected chi connectivity index (χ2v) is 9.18. The van der Waals surface area contributed by atoms with E-state index in [1.165, 1.54) is 35.2 Å². The number of hydrogen-bond acceptors (Lipinski definition) is 5. The van der Waals surface area contributed by atoms with Crippen molar-refractivity contribution in [2.45, 2.75) is 4.34 Å². The molecule has 0 aliphatic heterocycles. The summed E-state index contributed by atoms with van der Waals surface area (Å²) in [6.45, 7) is 0. The van der Waals surface area contributed by atoms with Crippen molar-refractivity contribution >= 4 is 74.4 Å². The molecule has 2 aromatic carbocycles. The number of carbonyl (C=O) groups is 1. The molecule has 1 amide bonds. The summed E-state index contributed by atoms with van der Waals surface area (Å²) in [5.41, 5.74) is 0.932. The van der Waals surface area contributed by atoms with Crippen LogP contribution in [0.2, 0.25) is 5.02 Å². The van der Waals surface area contributed by atoms with E-state index in [1.807, 2.05) is 12.1 Å². The molecule has 1 heterocycles. The van der Waals surface area contributed by atoms with Crippen LogP contribution in [0.1, 0.15) is 0 Å². The van der Waals surface area contributed by atoms with Gasteiger partial charge in [-0.2, -0.15) is 0 Å². The van der Waals surface area contributed by atoms with E-state index >= 15 is 0 Å². The Labute approximate surface area is 175 Å². The summed E-state index contributed by atoms with van der Waals surface area (Å²) in [6.07, 6.45) is 0. The van der Waals surface area contributed by atoms with E-state index in [4.69, 9.17) is 23.8 Å².